The number of ether oxygens (including phenoxy) is 6. The zero-order chi connectivity index (χ0) is 64.2. The van der Waals surface area contributed by atoms with E-state index in [0.717, 1.165) is 89.9 Å². The second kappa shape index (κ2) is 60.9. The molecule has 520 valence electrons. The van der Waals surface area contributed by atoms with Crippen molar-refractivity contribution in [3.8, 4) is 0 Å². The van der Waals surface area contributed by atoms with Gasteiger partial charge < -0.3 is 33.5 Å². The van der Waals surface area contributed by atoms with Crippen molar-refractivity contribution in [1.29, 1.82) is 0 Å². The zero-order valence-electron chi connectivity index (χ0n) is 57.4. The van der Waals surface area contributed by atoms with Gasteiger partial charge in [0.1, 0.15) is 24.6 Å². The molecule has 1 saturated heterocycles. The van der Waals surface area contributed by atoms with Crippen LogP contribution in [0.5, 0.6) is 0 Å². The van der Waals surface area contributed by atoms with Gasteiger partial charge in [0.15, 0.2) is 24.6 Å². The van der Waals surface area contributed by atoms with E-state index in [1.165, 1.54) is 218 Å². The highest BCUT2D eigenvalue weighted by Crippen LogP contribution is 2.30. The molecule has 1 fully saturated rings. The predicted octanol–water partition coefficient (Wildman–Crippen LogP) is 20.2. The van der Waals surface area contributed by atoms with Crippen molar-refractivity contribution in [3.63, 3.8) is 0 Å². The average molecular weight is 1270 g/mol. The van der Waals surface area contributed by atoms with Gasteiger partial charge in [0.05, 0.1) is 6.61 Å². The average Bonchev–Trinajstić information content (AvgIpc) is 2.68. The summed E-state index contributed by atoms with van der Waals surface area (Å²) in [6, 6.07) is 0. The van der Waals surface area contributed by atoms with Gasteiger partial charge in [-0.2, -0.15) is 8.42 Å². The van der Waals surface area contributed by atoms with E-state index in [1.807, 2.05) is 0 Å². The van der Waals surface area contributed by atoms with E-state index in [-0.39, 0.29) is 32.3 Å². The van der Waals surface area contributed by atoms with Crippen LogP contribution in [-0.2, 0) is 57.7 Å². The number of unbranched alkanes of at least 4 members (excludes halogenated alkanes) is 48. The molecule has 1 heterocycles. The SMILES string of the molecule is CCCCCCCCCCCCCCCC(=O)OCC(COC1OC(CS(=O)(=O)O)C(O)C(OC(=O)CCCCCCCCCCCCCCC)C1OC(=O)CCCCCCCCCCCCCCC)OC(=O)CCCCCCCCCCCCCCC. The van der Waals surface area contributed by atoms with Crippen LogP contribution in [0.3, 0.4) is 0 Å². The third-order valence-corrected chi connectivity index (χ3v) is 18.4. The Morgan fingerprint density at radius 1 is 0.364 bits per heavy atom. The number of hydrogen-bond acceptors (Lipinski definition) is 13. The number of hydrogen-bond donors (Lipinski definition) is 2. The molecule has 0 radical (unpaired) electrons. The van der Waals surface area contributed by atoms with E-state index >= 15 is 0 Å². The Labute approximate surface area is 540 Å². The first-order chi connectivity index (χ1) is 42.8. The van der Waals surface area contributed by atoms with Crippen molar-refractivity contribution >= 4 is 34.0 Å². The lowest BCUT2D eigenvalue weighted by Crippen LogP contribution is -2.62. The van der Waals surface area contributed by atoms with Crippen LogP contribution in [0.2, 0.25) is 0 Å². The van der Waals surface area contributed by atoms with Crippen molar-refractivity contribution in [3.05, 3.63) is 0 Å². The van der Waals surface area contributed by atoms with Crippen LogP contribution in [0.25, 0.3) is 0 Å². The molecule has 14 nitrogen and oxygen atoms in total. The summed E-state index contributed by atoms with van der Waals surface area (Å²) in [5.41, 5.74) is 0. The molecule has 0 aromatic carbocycles. The molecule has 6 unspecified atom stereocenters. The summed E-state index contributed by atoms with van der Waals surface area (Å²) in [7, 11) is -4.77. The molecule has 1 rings (SSSR count). The van der Waals surface area contributed by atoms with Gasteiger partial charge in [0.25, 0.3) is 10.1 Å². The predicted molar refractivity (Wildman–Crippen MR) is 359 cm³/mol. The van der Waals surface area contributed by atoms with Gasteiger partial charge in [-0.3, -0.25) is 23.7 Å². The second-order valence-corrected chi connectivity index (χ2v) is 27.8. The van der Waals surface area contributed by atoms with Crippen LogP contribution >= 0.6 is 0 Å². The van der Waals surface area contributed by atoms with Crippen molar-refractivity contribution in [2.75, 3.05) is 19.0 Å². The third-order valence-electron chi connectivity index (χ3n) is 17.6. The Hall–Kier alpha value is -2.33. The summed E-state index contributed by atoms with van der Waals surface area (Å²) in [5, 5.41) is 11.7. The van der Waals surface area contributed by atoms with Crippen molar-refractivity contribution in [1.82, 2.24) is 0 Å². The molecule has 0 spiro atoms. The van der Waals surface area contributed by atoms with Crippen molar-refractivity contribution in [2.24, 2.45) is 0 Å². The minimum Gasteiger partial charge on any atom is -0.462 e. The minimum absolute atomic E-state index is 0.0118. The molecular formula is C73H138O14S. The quantitative estimate of drug-likeness (QED) is 0.0252. The number of aliphatic hydroxyl groups is 1. The van der Waals surface area contributed by atoms with Crippen molar-refractivity contribution in [2.45, 2.75) is 424 Å². The summed E-state index contributed by atoms with van der Waals surface area (Å²) in [5.74, 6) is -3.34. The lowest BCUT2D eigenvalue weighted by Gasteiger charge is -2.43. The highest BCUT2D eigenvalue weighted by atomic mass is 32.2. The summed E-state index contributed by atoms with van der Waals surface area (Å²) >= 11 is 0. The maximum absolute atomic E-state index is 13.8. The van der Waals surface area contributed by atoms with E-state index in [1.54, 1.807) is 0 Å². The first-order valence-corrected chi connectivity index (χ1v) is 39.1. The van der Waals surface area contributed by atoms with Crippen molar-refractivity contribution < 1.29 is 65.7 Å². The summed E-state index contributed by atoms with van der Waals surface area (Å²) < 4.78 is 70.7. The fraction of sp³-hybridized carbons (Fsp3) is 0.945. The van der Waals surface area contributed by atoms with Crippen LogP contribution in [0, 0.1) is 0 Å². The molecule has 1 aliphatic rings. The first kappa shape index (κ1) is 83.7. The number of aliphatic hydroxyl groups excluding tert-OH is 1. The van der Waals surface area contributed by atoms with Gasteiger partial charge in [0.2, 0.25) is 0 Å². The first-order valence-electron chi connectivity index (χ1n) is 37.5. The second-order valence-electron chi connectivity index (χ2n) is 26.3. The Morgan fingerprint density at radius 3 is 0.920 bits per heavy atom. The number of carbonyl (C=O) groups is 4. The van der Waals surface area contributed by atoms with E-state index in [2.05, 4.69) is 27.7 Å². The Bertz CT molecular complexity index is 1710. The normalized spacial score (nSPS) is 17.3. The number of esters is 4. The largest absolute Gasteiger partial charge is 0.462 e. The standard InChI is InChI=1S/C73H138O14S/c1-5-9-13-17-21-25-29-33-37-41-45-49-53-57-66(74)82-61-64(84-67(75)58-54-50-46-42-38-34-30-26-22-18-14-10-6-2)62-83-73-72(87-69(77)60-56-52-48-44-40-36-32-28-24-20-16-12-8-4)71(70(78)65(85-73)63-88(79,80)81)86-68(76)59-55-51-47-43-39-35-31-27-23-19-15-11-7-3/h64-65,70-73,78H,5-63H2,1-4H3,(H,79,80,81). The highest BCUT2D eigenvalue weighted by molar-refractivity contribution is 7.85. The maximum Gasteiger partial charge on any atom is 0.306 e. The fourth-order valence-corrected chi connectivity index (χ4v) is 12.7. The highest BCUT2D eigenvalue weighted by Gasteiger charge is 2.51. The molecule has 2 N–H and O–H groups in total. The molecule has 0 amide bonds. The van der Waals surface area contributed by atoms with Crippen LogP contribution in [0.4, 0.5) is 0 Å². The lowest BCUT2D eigenvalue weighted by atomic mass is 9.99. The number of carbonyl (C=O) groups excluding carboxylic acids is 4. The third kappa shape index (κ3) is 52.2. The maximum atomic E-state index is 13.8. The van der Waals surface area contributed by atoms with Gasteiger partial charge in [-0.15, -0.1) is 0 Å². The summed E-state index contributed by atoms with van der Waals surface area (Å²) in [4.78, 5) is 54.1. The molecule has 1 aliphatic heterocycles. The minimum atomic E-state index is -4.77. The van der Waals surface area contributed by atoms with Gasteiger partial charge in [0, 0.05) is 25.7 Å². The summed E-state index contributed by atoms with van der Waals surface area (Å²) in [6.45, 7) is 8.16. The van der Waals surface area contributed by atoms with E-state index in [9.17, 15) is 37.3 Å². The van der Waals surface area contributed by atoms with Gasteiger partial charge >= 0.3 is 23.9 Å². The molecule has 0 aromatic rings. The van der Waals surface area contributed by atoms with Gasteiger partial charge in [-0.1, -0.05) is 336 Å². The molecule has 0 saturated carbocycles. The number of rotatable bonds is 66. The molecule has 0 aromatic heterocycles. The Balaban J connectivity index is 3.14. The van der Waals surface area contributed by atoms with Gasteiger partial charge in [-0.25, -0.2) is 0 Å². The lowest BCUT2D eigenvalue weighted by molar-refractivity contribution is -0.302. The molecular weight excluding hydrogens is 1130 g/mol. The van der Waals surface area contributed by atoms with Crippen LogP contribution in [0.1, 0.15) is 387 Å². The molecule has 0 bridgehead atoms. The zero-order valence-corrected chi connectivity index (χ0v) is 58.2. The molecule has 6 atom stereocenters. The smallest absolute Gasteiger partial charge is 0.306 e. The topological polar surface area (TPSA) is 198 Å². The van der Waals surface area contributed by atoms with Crippen LogP contribution in [-0.4, -0.2) is 97.7 Å². The molecule has 15 heteroatoms. The van der Waals surface area contributed by atoms with E-state index in [4.69, 9.17) is 28.4 Å². The van der Waals surface area contributed by atoms with E-state index < -0.39 is 83.2 Å². The molecule has 88 heavy (non-hydrogen) atoms. The molecule has 0 aliphatic carbocycles. The Morgan fingerprint density at radius 2 is 0.625 bits per heavy atom. The van der Waals surface area contributed by atoms with Gasteiger partial charge in [-0.05, 0) is 25.7 Å². The van der Waals surface area contributed by atoms with E-state index in [0.29, 0.717) is 25.7 Å². The Kier molecular flexibility index (Phi) is 57.9. The monoisotopic (exact) mass is 1270 g/mol. The van der Waals surface area contributed by atoms with Crippen LogP contribution in [0.15, 0.2) is 0 Å². The van der Waals surface area contributed by atoms with Crippen LogP contribution < -0.4 is 0 Å². The fourth-order valence-electron chi connectivity index (χ4n) is 12.0. The summed E-state index contributed by atoms with van der Waals surface area (Å²) in [6.07, 6.45) is 50.5.